The van der Waals surface area contributed by atoms with Gasteiger partial charge < -0.3 is 10.2 Å². The maximum Gasteiger partial charge on any atom is 0.251 e. The lowest BCUT2D eigenvalue weighted by Gasteiger charge is -2.37. The summed E-state index contributed by atoms with van der Waals surface area (Å²) in [4.78, 5) is 22.1. The van der Waals surface area contributed by atoms with Crippen LogP contribution in [0.1, 0.15) is 42.5 Å². The van der Waals surface area contributed by atoms with Gasteiger partial charge in [0, 0.05) is 66.8 Å². The van der Waals surface area contributed by atoms with E-state index in [-0.39, 0.29) is 11.9 Å². The molecule has 2 aliphatic rings. The van der Waals surface area contributed by atoms with Crippen LogP contribution in [0, 0.1) is 0 Å². The summed E-state index contributed by atoms with van der Waals surface area (Å²) in [6.45, 7) is 9.43. The van der Waals surface area contributed by atoms with E-state index in [9.17, 15) is 4.79 Å². The maximum absolute atomic E-state index is 13.1. The highest BCUT2D eigenvalue weighted by Gasteiger charge is 2.24. The Morgan fingerprint density at radius 1 is 1.09 bits per heavy atom. The molecule has 4 heterocycles. The molecule has 0 saturated carbocycles. The van der Waals surface area contributed by atoms with Gasteiger partial charge in [-0.05, 0) is 69.0 Å². The summed E-state index contributed by atoms with van der Waals surface area (Å²) in [6.07, 6.45) is 9.46. The van der Waals surface area contributed by atoms with Gasteiger partial charge in [-0.2, -0.15) is 5.10 Å². The topological polar surface area (TPSA) is 77.1 Å². The molecule has 2 saturated heterocycles. The summed E-state index contributed by atoms with van der Waals surface area (Å²) in [7, 11) is 0. The molecule has 3 aromatic rings. The van der Waals surface area contributed by atoms with Crippen molar-refractivity contribution in [3.8, 4) is 11.3 Å². The molecule has 1 atom stereocenters. The molecule has 0 bridgehead atoms. The van der Waals surface area contributed by atoms with Gasteiger partial charge in [0.25, 0.3) is 5.91 Å². The molecular weight excluding hydrogens is 412 g/mol. The maximum atomic E-state index is 13.1. The third-order valence-corrected chi connectivity index (χ3v) is 6.83. The molecule has 2 fully saturated rings. The number of hydrogen-bond donors (Lipinski definition) is 2. The van der Waals surface area contributed by atoms with Gasteiger partial charge in [0.05, 0.1) is 5.52 Å². The van der Waals surface area contributed by atoms with Crippen molar-refractivity contribution in [3.63, 3.8) is 0 Å². The molecule has 33 heavy (non-hydrogen) atoms. The smallest absolute Gasteiger partial charge is 0.251 e. The summed E-state index contributed by atoms with van der Waals surface area (Å²) in [5.74, 6) is -0.0273. The number of carbonyl (C=O) groups is 1. The fraction of sp³-hybridized carbons (Fsp3) is 0.423. The number of pyridine rings is 1. The molecule has 2 aromatic heterocycles. The zero-order valence-electron chi connectivity index (χ0n) is 19.1. The van der Waals surface area contributed by atoms with E-state index in [0.29, 0.717) is 5.56 Å². The molecule has 5 rings (SSSR count). The minimum Gasteiger partial charge on any atom is -0.374 e. The van der Waals surface area contributed by atoms with Crippen molar-refractivity contribution in [1.82, 2.24) is 30.3 Å². The Bertz CT molecular complexity index is 1120. The minimum absolute atomic E-state index is 0.0273. The molecule has 7 nitrogen and oxygen atoms in total. The number of rotatable bonds is 6. The van der Waals surface area contributed by atoms with Crippen LogP contribution >= 0.6 is 0 Å². The molecule has 7 heteroatoms. The zero-order valence-corrected chi connectivity index (χ0v) is 19.1. The van der Waals surface area contributed by atoms with E-state index in [1.165, 1.54) is 25.0 Å². The van der Waals surface area contributed by atoms with E-state index in [1.807, 2.05) is 30.3 Å². The first-order valence-corrected chi connectivity index (χ1v) is 12.0. The fourth-order valence-electron chi connectivity index (χ4n) is 5.04. The number of fused-ring (bicyclic) bond motifs is 1. The largest absolute Gasteiger partial charge is 0.374 e. The predicted molar refractivity (Wildman–Crippen MR) is 131 cm³/mol. The van der Waals surface area contributed by atoms with Gasteiger partial charge in [-0.25, -0.2) is 0 Å². The molecule has 0 spiro atoms. The molecule has 0 aliphatic carbocycles. The van der Waals surface area contributed by atoms with Crippen LogP contribution in [0.15, 0.2) is 55.0 Å². The van der Waals surface area contributed by atoms with Crippen molar-refractivity contribution in [1.29, 1.82) is 0 Å². The van der Waals surface area contributed by atoms with E-state index >= 15 is 0 Å². The number of hydrogen-bond acceptors (Lipinski definition) is 5. The lowest BCUT2D eigenvalue weighted by atomic mass is 10.0. The van der Waals surface area contributed by atoms with Crippen LogP contribution in [0.2, 0.25) is 0 Å². The van der Waals surface area contributed by atoms with Gasteiger partial charge in [0.15, 0.2) is 0 Å². The molecule has 0 radical (unpaired) electrons. The van der Waals surface area contributed by atoms with Crippen molar-refractivity contribution >= 4 is 16.8 Å². The quantitative estimate of drug-likeness (QED) is 0.604. The third kappa shape index (κ3) is 4.93. The van der Waals surface area contributed by atoms with Crippen LogP contribution in [-0.2, 0) is 0 Å². The van der Waals surface area contributed by atoms with Gasteiger partial charge in [-0.15, -0.1) is 0 Å². The minimum atomic E-state index is -0.0273. The Hall–Kier alpha value is -3.19. The first-order valence-electron chi connectivity index (χ1n) is 12.0. The van der Waals surface area contributed by atoms with Crippen LogP contribution in [0.5, 0.6) is 0 Å². The summed E-state index contributed by atoms with van der Waals surface area (Å²) >= 11 is 0. The van der Waals surface area contributed by atoms with Crippen LogP contribution in [0.4, 0.5) is 0 Å². The average molecular weight is 445 g/mol. The van der Waals surface area contributed by atoms with Crippen molar-refractivity contribution in [3.05, 3.63) is 60.6 Å². The molecule has 2 N–H and O–H groups in total. The van der Waals surface area contributed by atoms with E-state index in [1.54, 1.807) is 12.4 Å². The first kappa shape index (κ1) is 21.6. The highest BCUT2D eigenvalue weighted by molar-refractivity contribution is 6.01. The van der Waals surface area contributed by atoms with Crippen molar-refractivity contribution < 1.29 is 4.79 Å². The Morgan fingerprint density at radius 3 is 2.73 bits per heavy atom. The predicted octanol–water partition coefficient (Wildman–Crippen LogP) is 3.82. The van der Waals surface area contributed by atoms with Gasteiger partial charge >= 0.3 is 0 Å². The number of aromatic nitrogens is 3. The number of nitrogens with one attached hydrogen (secondary N) is 2. The van der Waals surface area contributed by atoms with Crippen LogP contribution in [0.3, 0.4) is 0 Å². The number of H-pyrrole nitrogens is 1. The van der Waals surface area contributed by atoms with Crippen LogP contribution in [0.25, 0.3) is 22.2 Å². The fourth-order valence-corrected chi connectivity index (χ4v) is 5.04. The van der Waals surface area contributed by atoms with Crippen molar-refractivity contribution in [2.45, 2.75) is 38.1 Å². The Morgan fingerprint density at radius 2 is 1.91 bits per heavy atom. The van der Waals surface area contributed by atoms with E-state index in [2.05, 4.69) is 36.9 Å². The number of benzene rings is 1. The van der Waals surface area contributed by atoms with E-state index in [0.717, 1.165) is 67.7 Å². The van der Waals surface area contributed by atoms with E-state index < -0.39 is 0 Å². The normalized spacial score (nSPS) is 19.5. The monoisotopic (exact) mass is 444 g/mol. The Labute approximate surface area is 194 Å². The van der Waals surface area contributed by atoms with Gasteiger partial charge in [-0.1, -0.05) is 6.58 Å². The average Bonchev–Trinajstić information content (AvgIpc) is 3.29. The Balaban J connectivity index is 1.24. The SMILES string of the molecule is C=C(CN1CCC[C@@H](NC(=O)c2ccc3[nH]nc(-c4ccncc4)c3c2)C1)N1CCCCC1. The molecule has 2 aliphatic heterocycles. The van der Waals surface area contributed by atoms with Gasteiger partial charge in [0.1, 0.15) is 5.69 Å². The van der Waals surface area contributed by atoms with Crippen molar-refractivity contribution in [2.24, 2.45) is 0 Å². The summed E-state index contributed by atoms with van der Waals surface area (Å²) in [5.41, 5.74) is 4.61. The second-order valence-corrected chi connectivity index (χ2v) is 9.23. The molecule has 1 aromatic carbocycles. The molecule has 1 amide bonds. The van der Waals surface area contributed by atoms with E-state index in [4.69, 9.17) is 0 Å². The number of likely N-dealkylation sites (tertiary alicyclic amines) is 2. The van der Waals surface area contributed by atoms with Gasteiger partial charge in [0.2, 0.25) is 0 Å². The number of piperidine rings is 2. The lowest BCUT2D eigenvalue weighted by Crippen LogP contribution is -2.49. The second-order valence-electron chi connectivity index (χ2n) is 9.23. The number of nitrogens with zero attached hydrogens (tertiary/aromatic N) is 4. The molecular formula is C26H32N6O. The summed E-state index contributed by atoms with van der Waals surface area (Å²) < 4.78 is 0. The summed E-state index contributed by atoms with van der Waals surface area (Å²) in [5, 5.41) is 11.7. The second kappa shape index (κ2) is 9.75. The highest BCUT2D eigenvalue weighted by Crippen LogP contribution is 2.27. The molecule has 0 unspecified atom stereocenters. The standard InChI is InChI=1S/C26H32N6O/c1-19(32-14-3-2-4-15-32)17-31-13-5-6-22(18-31)28-26(33)21-7-8-24-23(16-21)25(30-29-24)20-9-11-27-12-10-20/h7-12,16,22H,1-6,13-15,17-18H2,(H,28,33)(H,29,30)/t22-/m1/s1. The number of amides is 1. The Kier molecular flexibility index (Phi) is 6.39. The van der Waals surface area contributed by atoms with Gasteiger partial charge in [-0.3, -0.25) is 19.8 Å². The van der Waals surface area contributed by atoms with Crippen LogP contribution < -0.4 is 5.32 Å². The van der Waals surface area contributed by atoms with Crippen molar-refractivity contribution in [2.75, 3.05) is 32.7 Å². The zero-order chi connectivity index (χ0) is 22.6. The number of aromatic amines is 1. The molecule has 172 valence electrons. The first-order chi connectivity index (χ1) is 16.2. The highest BCUT2D eigenvalue weighted by atomic mass is 16.1. The lowest BCUT2D eigenvalue weighted by molar-refractivity contribution is 0.0904. The van der Waals surface area contributed by atoms with Crippen LogP contribution in [-0.4, -0.2) is 69.7 Å². The third-order valence-electron chi connectivity index (χ3n) is 6.83. The summed E-state index contributed by atoms with van der Waals surface area (Å²) in [6, 6.07) is 9.74. The number of carbonyl (C=O) groups excluding carboxylic acids is 1.